The van der Waals surface area contributed by atoms with Crippen molar-refractivity contribution < 1.29 is 30.7 Å². The van der Waals surface area contributed by atoms with Gasteiger partial charge in [-0.1, -0.05) is 18.2 Å². The summed E-state index contributed by atoms with van der Waals surface area (Å²) in [5.41, 5.74) is 4.43. The first-order valence-electron chi connectivity index (χ1n) is 12.3. The summed E-state index contributed by atoms with van der Waals surface area (Å²) in [5.74, 6) is 0.741. The van der Waals surface area contributed by atoms with Gasteiger partial charge in [0.15, 0.2) is 12.2 Å². The second-order valence-electron chi connectivity index (χ2n) is 9.45. The zero-order valence-corrected chi connectivity index (χ0v) is 23.3. The van der Waals surface area contributed by atoms with E-state index in [4.69, 9.17) is 4.42 Å². The number of rotatable bonds is 7. The lowest BCUT2D eigenvalue weighted by molar-refractivity contribution is -0.274. The van der Waals surface area contributed by atoms with Crippen LogP contribution in [0.4, 0.5) is 13.2 Å². The lowest BCUT2D eigenvalue weighted by Crippen LogP contribution is -2.22. The maximum absolute atomic E-state index is 12.8. The third-order valence-corrected chi connectivity index (χ3v) is 8.19. The van der Waals surface area contributed by atoms with E-state index in [9.17, 15) is 21.6 Å². The summed E-state index contributed by atoms with van der Waals surface area (Å²) in [6.07, 6.45) is -1.67. The Morgan fingerprint density at radius 2 is 1.61 bits per heavy atom. The molecule has 5 rings (SSSR count). The number of oxazole rings is 1. The smallest absolute Gasteiger partial charge is 0.443 e. The SMILES string of the molecule is Cc1cn(-c2ccc(-c3cccc(S(=O)(=O)N(C)C)c3)cc2-c2ocnc2-c2ccc(OC(F)(F)F)cc2)c(C)n1. The summed E-state index contributed by atoms with van der Waals surface area (Å²) in [6, 6.07) is 17.6. The van der Waals surface area contributed by atoms with Gasteiger partial charge in [-0.25, -0.2) is 22.7 Å². The number of imidazole rings is 1. The first-order chi connectivity index (χ1) is 19.3. The van der Waals surface area contributed by atoms with Crippen molar-refractivity contribution in [3.63, 3.8) is 0 Å². The molecule has 0 bridgehead atoms. The molecular formula is C29H25F3N4O4S. The molecule has 0 spiro atoms. The molecule has 212 valence electrons. The number of ether oxygens (including phenoxy) is 1. The highest BCUT2D eigenvalue weighted by Gasteiger charge is 2.31. The average molecular weight is 583 g/mol. The molecule has 0 unspecified atom stereocenters. The molecular weight excluding hydrogens is 557 g/mol. The van der Waals surface area contributed by atoms with E-state index in [0.29, 0.717) is 33.7 Å². The quantitative estimate of drug-likeness (QED) is 0.214. The van der Waals surface area contributed by atoms with Crippen LogP contribution in [-0.4, -0.2) is 47.7 Å². The van der Waals surface area contributed by atoms with E-state index in [1.807, 2.05) is 42.8 Å². The van der Waals surface area contributed by atoms with Crippen LogP contribution in [0.25, 0.3) is 39.4 Å². The van der Waals surface area contributed by atoms with Crippen molar-refractivity contribution in [2.24, 2.45) is 0 Å². The Balaban J connectivity index is 1.66. The molecule has 2 heterocycles. The van der Waals surface area contributed by atoms with Crippen molar-refractivity contribution in [3.05, 3.63) is 90.8 Å². The van der Waals surface area contributed by atoms with Crippen molar-refractivity contribution in [1.82, 2.24) is 18.8 Å². The predicted octanol–water partition coefficient (Wildman–Crippen LogP) is 6.63. The molecule has 12 heteroatoms. The Morgan fingerprint density at radius 3 is 2.24 bits per heavy atom. The van der Waals surface area contributed by atoms with Gasteiger partial charge in [0.25, 0.3) is 0 Å². The summed E-state index contributed by atoms with van der Waals surface area (Å²) in [6.45, 7) is 3.74. The van der Waals surface area contributed by atoms with Gasteiger partial charge in [-0.2, -0.15) is 0 Å². The lowest BCUT2D eigenvalue weighted by atomic mass is 9.98. The van der Waals surface area contributed by atoms with Gasteiger partial charge in [0.2, 0.25) is 10.0 Å². The van der Waals surface area contributed by atoms with Crippen LogP contribution in [0.3, 0.4) is 0 Å². The van der Waals surface area contributed by atoms with Gasteiger partial charge >= 0.3 is 6.36 Å². The van der Waals surface area contributed by atoms with E-state index < -0.39 is 16.4 Å². The van der Waals surface area contributed by atoms with Gasteiger partial charge in [-0.15, -0.1) is 13.2 Å². The molecule has 0 saturated heterocycles. The number of benzene rings is 3. The molecule has 0 fully saturated rings. The average Bonchev–Trinajstić information content (AvgIpc) is 3.54. The number of aromatic nitrogens is 3. The normalized spacial score (nSPS) is 12.2. The van der Waals surface area contributed by atoms with Crippen LogP contribution >= 0.6 is 0 Å². The van der Waals surface area contributed by atoms with Crippen LogP contribution in [-0.2, 0) is 10.0 Å². The number of aryl methyl sites for hydroxylation is 2. The number of sulfonamides is 1. The number of hydrogen-bond donors (Lipinski definition) is 0. The third kappa shape index (κ3) is 5.74. The van der Waals surface area contributed by atoms with E-state index in [0.717, 1.165) is 21.5 Å². The van der Waals surface area contributed by atoms with E-state index in [2.05, 4.69) is 14.7 Å². The van der Waals surface area contributed by atoms with Crippen LogP contribution in [0.15, 0.2) is 88.6 Å². The molecule has 0 aliphatic heterocycles. The van der Waals surface area contributed by atoms with Gasteiger partial charge < -0.3 is 13.7 Å². The molecule has 0 aliphatic carbocycles. The Morgan fingerprint density at radius 1 is 0.927 bits per heavy atom. The molecule has 0 aliphatic rings. The second-order valence-corrected chi connectivity index (χ2v) is 11.6. The highest BCUT2D eigenvalue weighted by molar-refractivity contribution is 7.89. The molecule has 2 aromatic heterocycles. The van der Waals surface area contributed by atoms with Crippen LogP contribution in [0.1, 0.15) is 11.5 Å². The number of halogens is 3. The highest BCUT2D eigenvalue weighted by atomic mass is 32.2. The van der Waals surface area contributed by atoms with Crippen molar-refractivity contribution in [1.29, 1.82) is 0 Å². The van der Waals surface area contributed by atoms with E-state index in [-0.39, 0.29) is 10.6 Å². The zero-order chi connectivity index (χ0) is 29.5. The standard InChI is InChI=1S/C29H25F3N4O4S/c1-18-16-36(19(2)34-18)26-13-10-22(21-6-5-7-24(14-21)41(37,38)35(3)4)15-25(26)28-27(33-17-39-28)20-8-11-23(12-9-20)40-29(30,31)32/h5-17H,1-4H3. The van der Waals surface area contributed by atoms with Crippen molar-refractivity contribution in [2.75, 3.05) is 14.1 Å². The first-order valence-corrected chi connectivity index (χ1v) is 13.8. The highest BCUT2D eigenvalue weighted by Crippen LogP contribution is 2.39. The van der Waals surface area contributed by atoms with Gasteiger partial charge in [-0.05, 0) is 73.5 Å². The zero-order valence-electron chi connectivity index (χ0n) is 22.5. The monoisotopic (exact) mass is 582 g/mol. The minimum absolute atomic E-state index is 0.147. The van der Waals surface area contributed by atoms with E-state index >= 15 is 0 Å². The molecule has 0 N–H and O–H groups in total. The van der Waals surface area contributed by atoms with Crippen LogP contribution < -0.4 is 4.74 Å². The Bertz CT molecular complexity index is 1830. The summed E-state index contributed by atoms with van der Waals surface area (Å²) in [4.78, 5) is 9.01. The summed E-state index contributed by atoms with van der Waals surface area (Å²) in [7, 11) is -0.721. The van der Waals surface area contributed by atoms with E-state index in [1.165, 1.54) is 50.8 Å². The third-order valence-electron chi connectivity index (χ3n) is 6.38. The van der Waals surface area contributed by atoms with Crippen molar-refractivity contribution in [2.45, 2.75) is 25.1 Å². The Hall–Kier alpha value is -4.42. The fraction of sp³-hybridized carbons (Fsp3) is 0.172. The summed E-state index contributed by atoms with van der Waals surface area (Å²) >= 11 is 0. The summed E-state index contributed by atoms with van der Waals surface area (Å²) < 4.78 is 76.4. The molecule has 0 radical (unpaired) electrons. The van der Waals surface area contributed by atoms with Crippen LogP contribution in [0.2, 0.25) is 0 Å². The minimum Gasteiger partial charge on any atom is -0.443 e. The van der Waals surface area contributed by atoms with Crippen molar-refractivity contribution in [3.8, 4) is 45.1 Å². The predicted molar refractivity (Wildman–Crippen MR) is 147 cm³/mol. The fourth-order valence-electron chi connectivity index (χ4n) is 4.47. The minimum atomic E-state index is -4.81. The molecule has 3 aromatic carbocycles. The van der Waals surface area contributed by atoms with Gasteiger partial charge in [0.05, 0.1) is 16.3 Å². The Labute approximate surface area is 234 Å². The van der Waals surface area contributed by atoms with Crippen molar-refractivity contribution >= 4 is 10.0 Å². The van der Waals surface area contributed by atoms with Gasteiger partial charge in [0.1, 0.15) is 17.3 Å². The maximum Gasteiger partial charge on any atom is 0.573 e. The molecule has 41 heavy (non-hydrogen) atoms. The topological polar surface area (TPSA) is 90.5 Å². The number of hydrogen-bond acceptors (Lipinski definition) is 6. The molecule has 0 atom stereocenters. The van der Waals surface area contributed by atoms with E-state index in [1.54, 1.807) is 18.2 Å². The fourth-order valence-corrected chi connectivity index (χ4v) is 5.42. The molecule has 8 nitrogen and oxygen atoms in total. The first kappa shape index (κ1) is 28.1. The van der Waals surface area contributed by atoms with Gasteiger partial charge in [-0.3, -0.25) is 0 Å². The maximum atomic E-state index is 12.8. The molecule has 0 saturated carbocycles. The Kier molecular flexibility index (Phi) is 7.22. The number of alkyl halides is 3. The van der Waals surface area contributed by atoms with Crippen LogP contribution in [0, 0.1) is 13.8 Å². The molecule has 0 amide bonds. The van der Waals surface area contributed by atoms with Gasteiger partial charge in [0, 0.05) is 31.4 Å². The molecule has 5 aromatic rings. The largest absolute Gasteiger partial charge is 0.573 e. The van der Waals surface area contributed by atoms with Crippen LogP contribution in [0.5, 0.6) is 5.75 Å². The number of nitrogens with zero attached hydrogens (tertiary/aromatic N) is 4. The second kappa shape index (κ2) is 10.5. The summed E-state index contributed by atoms with van der Waals surface area (Å²) in [5, 5.41) is 0. The lowest BCUT2D eigenvalue weighted by Gasteiger charge is -2.15.